The molecule has 3 aromatic rings. The lowest BCUT2D eigenvalue weighted by Gasteiger charge is -2.10. The number of nitro benzene ring substituents is 1. The molecule has 0 unspecified atom stereocenters. The standard InChI is InChI=1S/C20H19BrN4O4/c1-11-5-12(2)7-16(6-11)29-17-9-14(8-15(10-17)25(27)28)22-20(26)19-18(21)13(3)24(4)23-19/h5-10H,1-4H3,(H,22,26). The van der Waals surface area contributed by atoms with E-state index in [-0.39, 0.29) is 22.8 Å². The van der Waals surface area contributed by atoms with Gasteiger partial charge in [0.25, 0.3) is 11.6 Å². The predicted octanol–water partition coefficient (Wildman–Crippen LogP) is 5.06. The molecule has 1 amide bonds. The van der Waals surface area contributed by atoms with E-state index in [1.54, 1.807) is 11.7 Å². The molecule has 0 fully saturated rings. The molecule has 0 saturated heterocycles. The molecule has 0 radical (unpaired) electrons. The Morgan fingerprint density at radius 1 is 1.10 bits per heavy atom. The summed E-state index contributed by atoms with van der Waals surface area (Å²) in [5, 5.41) is 18.2. The van der Waals surface area contributed by atoms with Gasteiger partial charge in [-0.2, -0.15) is 5.10 Å². The minimum Gasteiger partial charge on any atom is -0.457 e. The Balaban J connectivity index is 1.93. The normalized spacial score (nSPS) is 10.7. The Morgan fingerprint density at radius 3 is 2.28 bits per heavy atom. The van der Waals surface area contributed by atoms with Crippen molar-refractivity contribution in [2.24, 2.45) is 7.05 Å². The molecule has 0 bridgehead atoms. The first-order valence-corrected chi connectivity index (χ1v) is 9.49. The van der Waals surface area contributed by atoms with E-state index in [0.29, 0.717) is 10.2 Å². The van der Waals surface area contributed by atoms with E-state index in [4.69, 9.17) is 4.74 Å². The number of aromatic nitrogens is 2. The van der Waals surface area contributed by atoms with Crippen molar-refractivity contribution < 1.29 is 14.5 Å². The summed E-state index contributed by atoms with van der Waals surface area (Å²) >= 11 is 3.35. The number of non-ortho nitro benzene ring substituents is 1. The quantitative estimate of drug-likeness (QED) is 0.425. The van der Waals surface area contributed by atoms with Crippen molar-refractivity contribution in [3.8, 4) is 11.5 Å². The molecular weight excluding hydrogens is 440 g/mol. The molecule has 0 aliphatic rings. The number of benzene rings is 2. The molecule has 1 N–H and O–H groups in total. The van der Waals surface area contributed by atoms with Crippen molar-refractivity contribution in [2.45, 2.75) is 20.8 Å². The second-order valence-corrected chi connectivity index (χ2v) is 7.52. The number of halogens is 1. The molecule has 0 aliphatic heterocycles. The average Bonchev–Trinajstić information content (AvgIpc) is 2.88. The third-order valence-corrected chi connectivity index (χ3v) is 5.22. The van der Waals surface area contributed by atoms with Crippen LogP contribution in [0.3, 0.4) is 0 Å². The van der Waals surface area contributed by atoms with Gasteiger partial charge in [-0.25, -0.2) is 0 Å². The Morgan fingerprint density at radius 2 is 1.72 bits per heavy atom. The number of amides is 1. The van der Waals surface area contributed by atoms with Crippen molar-refractivity contribution in [1.82, 2.24) is 9.78 Å². The molecule has 1 heterocycles. The molecule has 29 heavy (non-hydrogen) atoms. The molecular formula is C20H19BrN4O4. The summed E-state index contributed by atoms with van der Waals surface area (Å²) in [6.07, 6.45) is 0. The van der Waals surface area contributed by atoms with Gasteiger partial charge in [-0.15, -0.1) is 0 Å². The highest BCUT2D eigenvalue weighted by Gasteiger charge is 2.19. The van der Waals surface area contributed by atoms with Crippen LogP contribution in [0.15, 0.2) is 40.9 Å². The van der Waals surface area contributed by atoms with Crippen LogP contribution in [0.2, 0.25) is 0 Å². The van der Waals surface area contributed by atoms with E-state index in [9.17, 15) is 14.9 Å². The molecule has 0 aliphatic carbocycles. The molecule has 0 spiro atoms. The number of anilines is 1. The van der Waals surface area contributed by atoms with Gasteiger partial charge in [-0.05, 0) is 60.0 Å². The highest BCUT2D eigenvalue weighted by molar-refractivity contribution is 9.10. The van der Waals surface area contributed by atoms with Crippen molar-refractivity contribution >= 4 is 33.2 Å². The van der Waals surface area contributed by atoms with Gasteiger partial charge in [0.2, 0.25) is 0 Å². The number of hydrogen-bond donors (Lipinski definition) is 1. The summed E-state index contributed by atoms with van der Waals surface area (Å²) in [6, 6.07) is 9.78. The SMILES string of the molecule is Cc1cc(C)cc(Oc2cc(NC(=O)c3nn(C)c(C)c3Br)cc([N+](=O)[O-])c2)c1. The molecule has 9 heteroatoms. The fraction of sp³-hybridized carbons (Fsp3) is 0.200. The van der Waals surface area contributed by atoms with Crippen LogP contribution in [0, 0.1) is 30.9 Å². The molecule has 8 nitrogen and oxygen atoms in total. The number of nitrogens with one attached hydrogen (secondary N) is 1. The van der Waals surface area contributed by atoms with E-state index < -0.39 is 10.8 Å². The van der Waals surface area contributed by atoms with Gasteiger partial charge in [-0.3, -0.25) is 19.6 Å². The third kappa shape index (κ3) is 4.62. The zero-order valence-corrected chi connectivity index (χ0v) is 17.9. The van der Waals surface area contributed by atoms with Crippen LogP contribution < -0.4 is 10.1 Å². The first-order chi connectivity index (χ1) is 13.6. The van der Waals surface area contributed by atoms with Crippen molar-refractivity contribution in [2.75, 3.05) is 5.32 Å². The van der Waals surface area contributed by atoms with Crippen molar-refractivity contribution in [3.63, 3.8) is 0 Å². The molecule has 2 aromatic carbocycles. The first kappa shape index (κ1) is 20.5. The minimum absolute atomic E-state index is 0.188. The van der Waals surface area contributed by atoms with Gasteiger partial charge >= 0.3 is 0 Å². The van der Waals surface area contributed by atoms with Gasteiger partial charge in [-0.1, -0.05) is 6.07 Å². The second-order valence-electron chi connectivity index (χ2n) is 6.72. The number of aryl methyl sites for hydroxylation is 3. The lowest BCUT2D eigenvalue weighted by Crippen LogP contribution is -2.13. The zero-order valence-electron chi connectivity index (χ0n) is 16.3. The van der Waals surface area contributed by atoms with E-state index >= 15 is 0 Å². The summed E-state index contributed by atoms with van der Waals surface area (Å²) < 4.78 is 7.96. The Hall–Kier alpha value is -3.20. The van der Waals surface area contributed by atoms with Crippen LogP contribution in [0.5, 0.6) is 11.5 Å². The van der Waals surface area contributed by atoms with Crippen molar-refractivity contribution in [3.05, 3.63) is 73.5 Å². The maximum atomic E-state index is 12.6. The summed E-state index contributed by atoms with van der Waals surface area (Å²) in [5.41, 5.74) is 3.03. The third-order valence-electron chi connectivity index (χ3n) is 4.27. The number of carbonyl (C=O) groups is 1. The fourth-order valence-electron chi connectivity index (χ4n) is 2.87. The van der Waals surface area contributed by atoms with E-state index in [0.717, 1.165) is 16.8 Å². The summed E-state index contributed by atoms with van der Waals surface area (Å²) in [4.78, 5) is 23.4. The van der Waals surface area contributed by atoms with Gasteiger partial charge in [0.15, 0.2) is 5.69 Å². The highest BCUT2D eigenvalue weighted by atomic mass is 79.9. The number of ether oxygens (including phenoxy) is 1. The van der Waals surface area contributed by atoms with Gasteiger partial charge in [0.05, 0.1) is 26.8 Å². The molecule has 0 saturated carbocycles. The highest BCUT2D eigenvalue weighted by Crippen LogP contribution is 2.31. The van der Waals surface area contributed by atoms with Gasteiger partial charge in [0.1, 0.15) is 11.5 Å². The molecule has 0 atom stereocenters. The van der Waals surface area contributed by atoms with E-state index in [2.05, 4.69) is 26.3 Å². The van der Waals surface area contributed by atoms with Gasteiger partial charge in [0, 0.05) is 19.2 Å². The smallest absolute Gasteiger partial charge is 0.277 e. The Bertz CT molecular complexity index is 1100. The van der Waals surface area contributed by atoms with Crippen molar-refractivity contribution in [1.29, 1.82) is 0 Å². The second kappa shape index (κ2) is 8.04. The van der Waals surface area contributed by atoms with Crippen LogP contribution in [0.1, 0.15) is 27.3 Å². The van der Waals surface area contributed by atoms with Crippen LogP contribution in [0.4, 0.5) is 11.4 Å². The largest absolute Gasteiger partial charge is 0.457 e. The lowest BCUT2D eigenvalue weighted by molar-refractivity contribution is -0.384. The number of rotatable bonds is 5. The number of carbonyl (C=O) groups excluding carboxylic acids is 1. The van der Waals surface area contributed by atoms with Crippen LogP contribution in [0.25, 0.3) is 0 Å². The number of nitrogens with zero attached hydrogens (tertiary/aromatic N) is 3. The van der Waals surface area contributed by atoms with E-state index in [1.165, 1.54) is 18.2 Å². The fourth-order valence-corrected chi connectivity index (χ4v) is 3.38. The van der Waals surface area contributed by atoms with Crippen LogP contribution >= 0.6 is 15.9 Å². The summed E-state index contributed by atoms with van der Waals surface area (Å²) in [7, 11) is 1.72. The minimum atomic E-state index is -0.537. The zero-order chi connectivity index (χ0) is 21.3. The van der Waals surface area contributed by atoms with Gasteiger partial charge < -0.3 is 10.1 Å². The number of hydrogen-bond acceptors (Lipinski definition) is 5. The maximum Gasteiger partial charge on any atom is 0.277 e. The van der Waals surface area contributed by atoms with Crippen LogP contribution in [-0.4, -0.2) is 20.6 Å². The lowest BCUT2D eigenvalue weighted by atomic mass is 10.1. The average molecular weight is 459 g/mol. The summed E-state index contributed by atoms with van der Waals surface area (Å²) in [5.74, 6) is 0.317. The maximum absolute atomic E-state index is 12.6. The van der Waals surface area contributed by atoms with Crippen LogP contribution in [-0.2, 0) is 7.05 Å². The molecule has 1 aromatic heterocycles. The first-order valence-electron chi connectivity index (χ1n) is 8.70. The Kier molecular flexibility index (Phi) is 5.69. The molecule has 150 valence electrons. The summed E-state index contributed by atoms with van der Waals surface area (Å²) in [6.45, 7) is 5.69. The monoisotopic (exact) mass is 458 g/mol. The number of nitro groups is 1. The molecule has 3 rings (SSSR count). The Labute approximate surface area is 175 Å². The topological polar surface area (TPSA) is 99.3 Å². The van der Waals surface area contributed by atoms with E-state index in [1.807, 2.05) is 39.0 Å². The predicted molar refractivity (Wildman–Crippen MR) is 113 cm³/mol.